The molecule has 6 heteroatoms. The van der Waals surface area contributed by atoms with E-state index in [1.165, 1.54) is 24.3 Å². The van der Waals surface area contributed by atoms with Crippen molar-refractivity contribution in [1.29, 1.82) is 10.5 Å². The number of fused-ring (bicyclic) bond motifs is 6. The van der Waals surface area contributed by atoms with Crippen LogP contribution in [0.5, 0.6) is 0 Å². The standard InChI is InChI=1S/C38H16F2N4/c1-43-35(19-41)37-31-15-23(21-5-3-7-25(39)13-21)9-11-27(31)29-18-34-30(17-33(29)37)28-12-10-24(22-6-4-8-26(40)14-22)16-32(28)38(34)36(20-42)44-2/h3-18H. The van der Waals surface area contributed by atoms with Crippen molar-refractivity contribution in [1.82, 2.24) is 0 Å². The number of halogens is 2. The van der Waals surface area contributed by atoms with Crippen LogP contribution >= 0.6 is 0 Å². The second-order valence-electron chi connectivity index (χ2n) is 10.4. The van der Waals surface area contributed by atoms with E-state index in [9.17, 15) is 19.3 Å². The van der Waals surface area contributed by atoms with Crippen molar-refractivity contribution in [3.8, 4) is 56.6 Å². The van der Waals surface area contributed by atoms with E-state index in [2.05, 4.69) is 9.69 Å². The third kappa shape index (κ3) is 3.92. The van der Waals surface area contributed by atoms with Gasteiger partial charge in [-0.15, -0.1) is 0 Å². The molecule has 0 radical (unpaired) electrons. The third-order valence-corrected chi connectivity index (χ3v) is 8.08. The van der Waals surface area contributed by atoms with Crippen molar-refractivity contribution in [2.24, 2.45) is 0 Å². The van der Waals surface area contributed by atoms with Crippen LogP contribution in [0.15, 0.2) is 108 Å². The summed E-state index contributed by atoms with van der Waals surface area (Å²) < 4.78 is 28.1. The Hall–Kier alpha value is -6.60. The van der Waals surface area contributed by atoms with Crippen LogP contribution in [0, 0.1) is 47.4 Å². The first-order chi connectivity index (χ1) is 21.4. The molecule has 5 aromatic rings. The lowest BCUT2D eigenvalue weighted by Gasteiger charge is -2.09. The van der Waals surface area contributed by atoms with Gasteiger partial charge in [-0.3, -0.25) is 0 Å². The maximum atomic E-state index is 14.1. The van der Waals surface area contributed by atoms with Crippen molar-refractivity contribution >= 4 is 11.1 Å². The number of allylic oxidation sites excluding steroid dienone is 2. The fraction of sp³-hybridized carbons (Fsp3) is 0. The molecule has 0 amide bonds. The van der Waals surface area contributed by atoms with Gasteiger partial charge in [-0.25, -0.2) is 29.0 Å². The normalized spacial score (nSPS) is 14.1. The molecule has 2 aliphatic rings. The number of hydrogen-bond donors (Lipinski definition) is 0. The average molecular weight is 567 g/mol. The topological polar surface area (TPSA) is 56.3 Å². The molecule has 4 nitrogen and oxygen atoms in total. The highest BCUT2D eigenvalue weighted by Gasteiger charge is 2.33. The van der Waals surface area contributed by atoms with Crippen LogP contribution in [-0.2, 0) is 0 Å². The van der Waals surface area contributed by atoms with Gasteiger partial charge in [-0.05, 0) is 115 Å². The molecule has 0 heterocycles. The molecule has 0 aliphatic heterocycles. The summed E-state index contributed by atoms with van der Waals surface area (Å²) in [6, 6.07) is 31.6. The molecule has 0 aromatic heterocycles. The predicted molar refractivity (Wildman–Crippen MR) is 165 cm³/mol. The SMILES string of the molecule is [C-]#[N+]C(C#N)=C1c2cc(-c3cccc(F)c3)ccc2-c2cc3c(cc21)-c1ccc(-c2cccc(F)c2)cc1C3=C(C#N)[N+]#[C-]. The Morgan fingerprint density at radius 2 is 0.864 bits per heavy atom. The zero-order valence-corrected chi connectivity index (χ0v) is 22.8. The molecule has 0 fully saturated rings. The molecule has 44 heavy (non-hydrogen) atoms. The molecule has 0 N–H and O–H groups in total. The fourth-order valence-electron chi connectivity index (χ4n) is 6.20. The van der Waals surface area contributed by atoms with E-state index in [1.807, 2.05) is 60.7 Å². The van der Waals surface area contributed by atoms with Gasteiger partial charge >= 0.3 is 0 Å². The Labute approximate surface area is 252 Å². The number of hydrogen-bond acceptors (Lipinski definition) is 2. The lowest BCUT2D eigenvalue weighted by molar-refractivity contribution is 0.628. The van der Waals surface area contributed by atoms with Crippen LogP contribution in [0.1, 0.15) is 22.3 Å². The molecular formula is C38H16F2N4. The van der Waals surface area contributed by atoms with Gasteiger partial charge in [0.25, 0.3) is 11.4 Å². The lowest BCUT2D eigenvalue weighted by Crippen LogP contribution is -1.90. The highest BCUT2D eigenvalue weighted by atomic mass is 19.1. The molecule has 0 saturated carbocycles. The van der Waals surface area contributed by atoms with Crippen LogP contribution in [0.3, 0.4) is 0 Å². The van der Waals surface area contributed by atoms with Crippen LogP contribution < -0.4 is 0 Å². The molecular weight excluding hydrogens is 550 g/mol. The summed E-state index contributed by atoms with van der Waals surface area (Å²) in [4.78, 5) is 7.10. The molecule has 5 aromatic carbocycles. The molecule has 0 unspecified atom stereocenters. The fourth-order valence-corrected chi connectivity index (χ4v) is 6.20. The molecule has 0 bridgehead atoms. The lowest BCUT2D eigenvalue weighted by atomic mass is 9.95. The van der Waals surface area contributed by atoms with E-state index in [0.717, 1.165) is 33.4 Å². The second kappa shape index (κ2) is 10.0. The molecule has 2 aliphatic carbocycles. The van der Waals surface area contributed by atoms with Crippen molar-refractivity contribution < 1.29 is 8.78 Å². The van der Waals surface area contributed by atoms with Crippen molar-refractivity contribution in [2.45, 2.75) is 0 Å². The smallest absolute Gasteiger partial charge is 0.226 e. The van der Waals surface area contributed by atoms with Gasteiger partial charge in [0, 0.05) is 11.1 Å². The summed E-state index contributed by atoms with van der Waals surface area (Å²) in [5.41, 5.74) is 9.42. The minimum absolute atomic E-state index is 0.0735. The monoisotopic (exact) mass is 566 g/mol. The third-order valence-electron chi connectivity index (χ3n) is 8.08. The van der Waals surface area contributed by atoms with Crippen molar-refractivity contribution in [2.75, 3.05) is 0 Å². The van der Waals surface area contributed by atoms with Crippen LogP contribution in [0.4, 0.5) is 8.78 Å². The summed E-state index contributed by atoms with van der Waals surface area (Å²) in [5, 5.41) is 19.9. The largest absolute Gasteiger partial charge is 0.270 e. The predicted octanol–water partition coefficient (Wildman–Crippen LogP) is 9.66. The Morgan fingerprint density at radius 1 is 0.477 bits per heavy atom. The Balaban J connectivity index is 1.49. The molecule has 0 atom stereocenters. The second-order valence-corrected chi connectivity index (χ2v) is 10.4. The first kappa shape index (κ1) is 26.3. The maximum absolute atomic E-state index is 14.1. The maximum Gasteiger partial charge on any atom is 0.270 e. The van der Waals surface area contributed by atoms with Gasteiger partial charge in [-0.2, -0.15) is 0 Å². The molecule has 0 saturated heterocycles. The van der Waals surface area contributed by atoms with Gasteiger partial charge in [-0.1, -0.05) is 48.5 Å². The van der Waals surface area contributed by atoms with Gasteiger partial charge < -0.3 is 0 Å². The first-order valence-electron chi connectivity index (χ1n) is 13.5. The highest BCUT2D eigenvalue weighted by Crippen LogP contribution is 2.54. The number of nitriles is 2. The summed E-state index contributed by atoms with van der Waals surface area (Å²) in [6.45, 7) is 15.5. The van der Waals surface area contributed by atoms with E-state index in [1.54, 1.807) is 24.3 Å². The van der Waals surface area contributed by atoms with Crippen LogP contribution in [0.2, 0.25) is 0 Å². The van der Waals surface area contributed by atoms with E-state index in [-0.39, 0.29) is 23.0 Å². The molecule has 0 spiro atoms. The van der Waals surface area contributed by atoms with Gasteiger partial charge in [0.05, 0.1) is 25.3 Å². The minimum atomic E-state index is -0.371. The van der Waals surface area contributed by atoms with Crippen molar-refractivity contribution in [3.05, 3.63) is 165 Å². The van der Waals surface area contributed by atoms with E-state index in [4.69, 9.17) is 13.1 Å². The number of benzene rings is 5. The van der Waals surface area contributed by atoms with E-state index < -0.39 is 0 Å². The number of rotatable bonds is 2. The summed E-state index contributed by atoms with van der Waals surface area (Å²) in [5.74, 6) is -0.743. The first-order valence-corrected chi connectivity index (χ1v) is 13.5. The average Bonchev–Trinajstić information content (AvgIpc) is 3.53. The quantitative estimate of drug-likeness (QED) is 0.155. The summed E-state index contributed by atoms with van der Waals surface area (Å²) in [7, 11) is 0. The Morgan fingerprint density at radius 3 is 1.23 bits per heavy atom. The highest BCUT2D eigenvalue weighted by molar-refractivity contribution is 6.11. The van der Waals surface area contributed by atoms with Gasteiger partial charge in [0.1, 0.15) is 11.6 Å². The minimum Gasteiger partial charge on any atom is -0.226 e. The zero-order valence-electron chi connectivity index (χ0n) is 22.8. The molecule has 202 valence electrons. The van der Waals surface area contributed by atoms with E-state index >= 15 is 0 Å². The zero-order chi connectivity index (χ0) is 30.5. The summed E-state index contributed by atoms with van der Waals surface area (Å²) >= 11 is 0. The molecule has 7 rings (SSSR count). The van der Waals surface area contributed by atoms with E-state index in [0.29, 0.717) is 44.5 Å². The van der Waals surface area contributed by atoms with Crippen molar-refractivity contribution in [3.63, 3.8) is 0 Å². The Bertz CT molecular complexity index is 2150. The summed E-state index contributed by atoms with van der Waals surface area (Å²) in [6.07, 6.45) is 0. The number of nitrogens with zero attached hydrogens (tertiary/aromatic N) is 4. The Kier molecular flexibility index (Phi) is 6.00. The van der Waals surface area contributed by atoms with Gasteiger partial charge in [0.15, 0.2) is 0 Å². The van der Waals surface area contributed by atoms with Crippen LogP contribution in [0.25, 0.3) is 65.3 Å². The van der Waals surface area contributed by atoms with Crippen LogP contribution in [-0.4, -0.2) is 0 Å². The van der Waals surface area contributed by atoms with Gasteiger partial charge in [0.2, 0.25) is 0 Å².